The summed E-state index contributed by atoms with van der Waals surface area (Å²) in [6.45, 7) is 35.4. The minimum Gasteiger partial charge on any atom is -0.457 e. The Morgan fingerprint density at radius 3 is 1.43 bits per heavy atom. The van der Waals surface area contributed by atoms with E-state index in [0.717, 1.165) is 34.0 Å². The van der Waals surface area contributed by atoms with Crippen molar-refractivity contribution in [2.45, 2.75) is 136 Å². The zero-order chi connectivity index (χ0) is 56.7. The van der Waals surface area contributed by atoms with Crippen LogP contribution in [0.3, 0.4) is 0 Å². The first-order valence-electron chi connectivity index (χ1n) is 28.7. The fourth-order valence-electron chi connectivity index (χ4n) is 12.0. The van der Waals surface area contributed by atoms with E-state index in [4.69, 9.17) is 9.72 Å². The van der Waals surface area contributed by atoms with Gasteiger partial charge in [0.1, 0.15) is 24.0 Å². The van der Waals surface area contributed by atoms with Crippen molar-refractivity contribution in [3.05, 3.63) is 250 Å². The van der Waals surface area contributed by atoms with Crippen molar-refractivity contribution in [1.82, 2.24) is 9.55 Å². The van der Waals surface area contributed by atoms with E-state index in [0.29, 0.717) is 6.67 Å². The topological polar surface area (TPSA) is 33.5 Å². The molecule has 10 aromatic rings. The van der Waals surface area contributed by atoms with E-state index in [1.54, 1.807) is 0 Å². The maximum Gasteiger partial charge on any atom is 0.137 e. The van der Waals surface area contributed by atoms with Crippen molar-refractivity contribution in [2.75, 3.05) is 16.5 Å². The molecule has 0 spiro atoms. The van der Waals surface area contributed by atoms with Crippen LogP contribution in [-0.4, -0.2) is 16.2 Å². The number of benzene rings is 8. The molecular formula is C75H80N4O. The Balaban J connectivity index is 1.10. The molecule has 0 saturated carbocycles. The second kappa shape index (κ2) is 19.7. The van der Waals surface area contributed by atoms with Crippen molar-refractivity contribution in [1.29, 1.82) is 0 Å². The molecule has 1 aliphatic rings. The van der Waals surface area contributed by atoms with Gasteiger partial charge in [-0.25, -0.2) is 4.98 Å². The summed E-state index contributed by atoms with van der Waals surface area (Å²) in [6, 6.07) is 71.9. The Labute approximate surface area is 476 Å². The molecule has 0 atom stereocenters. The quantitative estimate of drug-likeness (QED) is 0.129. The molecule has 0 saturated heterocycles. The molecule has 8 aromatic carbocycles. The van der Waals surface area contributed by atoms with E-state index in [-0.39, 0.29) is 27.1 Å². The molecule has 5 nitrogen and oxygen atoms in total. The van der Waals surface area contributed by atoms with E-state index < -0.39 is 5.41 Å². The summed E-state index contributed by atoms with van der Waals surface area (Å²) in [5.41, 5.74) is 16.8. The highest BCUT2D eigenvalue weighted by molar-refractivity contribution is 6.12. The van der Waals surface area contributed by atoms with Gasteiger partial charge in [-0.3, -0.25) is 4.57 Å². The molecule has 406 valence electrons. The number of hydrogen-bond acceptors (Lipinski definition) is 4. The molecule has 0 N–H and O–H groups in total. The Morgan fingerprint density at radius 1 is 0.362 bits per heavy atom. The Hall–Kier alpha value is -7.89. The van der Waals surface area contributed by atoms with Crippen molar-refractivity contribution in [2.24, 2.45) is 0 Å². The molecular weight excluding hydrogens is 973 g/mol. The zero-order valence-corrected chi connectivity index (χ0v) is 50.0. The standard InChI is InChI=1S/C75H80N4O/c1-70(2,3)53-35-36-65-66(44-53)78(49-77(65)58-41-56(73(10,11)50-27-19-16-20-28-50)39-57(42-58)74(12,13)51-29-21-17-22-30-51)59-40-55(72(7,8)9)43-60(46-59)80-61-47-63(75(14,15)52-31-23-18-24-32-52)69-62-33-25-26-34-64(62)79(67(69)48-61)68-45-54(37-38-76-68)71(4,5)6/h16-48H,49H2,1-15H3. The maximum atomic E-state index is 7.45. The first kappa shape index (κ1) is 54.1. The van der Waals surface area contributed by atoms with E-state index in [2.05, 4.69) is 312 Å². The number of fused-ring (bicyclic) bond motifs is 4. The Morgan fingerprint density at radius 2 is 0.850 bits per heavy atom. The van der Waals surface area contributed by atoms with Crippen LogP contribution < -0.4 is 14.5 Å². The van der Waals surface area contributed by atoms with Gasteiger partial charge in [0, 0.05) is 56.7 Å². The van der Waals surface area contributed by atoms with Gasteiger partial charge in [-0.15, -0.1) is 0 Å². The zero-order valence-electron chi connectivity index (χ0n) is 50.0. The van der Waals surface area contributed by atoms with E-state index in [1.165, 1.54) is 77.9 Å². The third kappa shape index (κ3) is 9.88. The van der Waals surface area contributed by atoms with Crippen LogP contribution >= 0.6 is 0 Å². The van der Waals surface area contributed by atoms with Crippen LogP contribution in [0.4, 0.5) is 22.7 Å². The fraction of sp³-hybridized carbons (Fsp3) is 0.293. The predicted octanol–water partition coefficient (Wildman–Crippen LogP) is 20.1. The molecule has 0 amide bonds. The number of hydrogen-bond donors (Lipinski definition) is 0. The normalized spacial score (nSPS) is 13.6. The highest BCUT2D eigenvalue weighted by Crippen LogP contribution is 2.51. The van der Waals surface area contributed by atoms with Crippen molar-refractivity contribution >= 4 is 44.6 Å². The van der Waals surface area contributed by atoms with Crippen molar-refractivity contribution < 1.29 is 4.74 Å². The number of pyridine rings is 1. The monoisotopic (exact) mass is 1050 g/mol. The summed E-state index contributed by atoms with van der Waals surface area (Å²) >= 11 is 0. The van der Waals surface area contributed by atoms with Gasteiger partial charge in [-0.2, -0.15) is 0 Å². The van der Waals surface area contributed by atoms with Gasteiger partial charge in [0.05, 0.1) is 22.4 Å². The molecule has 5 heteroatoms. The molecule has 0 unspecified atom stereocenters. The molecule has 3 heterocycles. The summed E-state index contributed by atoms with van der Waals surface area (Å²) in [6.07, 6.45) is 1.96. The molecule has 0 bridgehead atoms. The van der Waals surface area contributed by atoms with Gasteiger partial charge >= 0.3 is 0 Å². The minimum absolute atomic E-state index is 0.0618. The molecule has 2 aromatic heterocycles. The number of nitrogens with zero attached hydrogens (tertiary/aromatic N) is 4. The number of para-hydroxylation sites is 1. The van der Waals surface area contributed by atoms with E-state index >= 15 is 0 Å². The second-order valence-electron chi connectivity index (χ2n) is 27.1. The van der Waals surface area contributed by atoms with Crippen LogP contribution in [0.1, 0.15) is 154 Å². The van der Waals surface area contributed by atoms with Gasteiger partial charge in [-0.1, -0.05) is 225 Å². The first-order chi connectivity index (χ1) is 37.8. The predicted molar refractivity (Wildman–Crippen MR) is 339 cm³/mol. The van der Waals surface area contributed by atoms with Crippen LogP contribution in [0, 0.1) is 0 Å². The largest absolute Gasteiger partial charge is 0.457 e. The van der Waals surface area contributed by atoms with Crippen molar-refractivity contribution in [3.63, 3.8) is 0 Å². The summed E-state index contributed by atoms with van der Waals surface area (Å²) in [4.78, 5) is 10.1. The van der Waals surface area contributed by atoms with E-state index in [1.807, 2.05) is 6.20 Å². The van der Waals surface area contributed by atoms with Crippen LogP contribution in [0.2, 0.25) is 0 Å². The first-order valence-corrected chi connectivity index (χ1v) is 28.7. The average molecular weight is 1050 g/mol. The lowest BCUT2D eigenvalue weighted by molar-refractivity contribution is 0.477. The number of rotatable bonds is 11. The summed E-state index contributed by atoms with van der Waals surface area (Å²) in [7, 11) is 0. The molecule has 1 aliphatic heterocycles. The smallest absolute Gasteiger partial charge is 0.137 e. The van der Waals surface area contributed by atoms with Crippen LogP contribution in [-0.2, 0) is 32.5 Å². The second-order valence-corrected chi connectivity index (χ2v) is 27.1. The highest BCUT2D eigenvalue weighted by atomic mass is 16.5. The molecule has 0 aliphatic carbocycles. The Kier molecular flexibility index (Phi) is 13.3. The fourth-order valence-corrected chi connectivity index (χ4v) is 12.0. The van der Waals surface area contributed by atoms with Gasteiger partial charge in [0.25, 0.3) is 0 Å². The number of aromatic nitrogens is 2. The average Bonchev–Trinajstić information content (AvgIpc) is 4.23. The van der Waals surface area contributed by atoms with Gasteiger partial charge in [0.15, 0.2) is 0 Å². The molecule has 0 fully saturated rings. The third-order valence-electron chi connectivity index (χ3n) is 17.4. The van der Waals surface area contributed by atoms with Crippen LogP contribution in [0.15, 0.2) is 200 Å². The van der Waals surface area contributed by atoms with Crippen LogP contribution in [0.5, 0.6) is 11.5 Å². The van der Waals surface area contributed by atoms with Crippen LogP contribution in [0.25, 0.3) is 27.6 Å². The minimum atomic E-state index is -0.399. The van der Waals surface area contributed by atoms with Gasteiger partial charge in [-0.05, 0) is 127 Å². The van der Waals surface area contributed by atoms with Crippen molar-refractivity contribution in [3.8, 4) is 17.3 Å². The number of ether oxygens (including phenoxy) is 1. The summed E-state index contributed by atoms with van der Waals surface area (Å²) in [5.74, 6) is 2.45. The SMILES string of the molecule is CC(C)(C)c1cc(Oc2cc(C(C)(C)c3ccccc3)c3c4ccccc4n(-c4cc(C(C)(C)C)ccn4)c3c2)cc(N2CN(c3cc(C(C)(C)c4ccccc4)cc(C(C)(C)c4ccccc4)c3)c3ccc(C(C)(C)C)cc32)c1. The molecule has 80 heavy (non-hydrogen) atoms. The molecule has 11 rings (SSSR count). The maximum absolute atomic E-state index is 7.45. The Bertz CT molecular complexity index is 3850. The third-order valence-corrected chi connectivity index (χ3v) is 17.4. The summed E-state index contributed by atoms with van der Waals surface area (Å²) < 4.78 is 9.80. The summed E-state index contributed by atoms with van der Waals surface area (Å²) in [5, 5.41) is 2.38. The number of anilines is 4. The lowest BCUT2D eigenvalue weighted by Crippen LogP contribution is -2.27. The lowest BCUT2D eigenvalue weighted by Gasteiger charge is -2.33. The highest BCUT2D eigenvalue weighted by Gasteiger charge is 2.36. The molecule has 0 radical (unpaired) electrons. The lowest BCUT2D eigenvalue weighted by atomic mass is 9.73. The van der Waals surface area contributed by atoms with Gasteiger partial charge < -0.3 is 14.5 Å². The van der Waals surface area contributed by atoms with E-state index in [9.17, 15) is 0 Å². The van der Waals surface area contributed by atoms with Gasteiger partial charge in [0.2, 0.25) is 0 Å².